The number of aromatic nitrogens is 4. The molecule has 1 unspecified atom stereocenters. The van der Waals surface area contributed by atoms with Gasteiger partial charge in [-0.15, -0.1) is 0 Å². The molecular formula is C23H33N5O7. The van der Waals surface area contributed by atoms with Crippen LogP contribution in [0.25, 0.3) is 11.2 Å². The molecule has 0 bridgehead atoms. The van der Waals surface area contributed by atoms with Crippen LogP contribution in [0.4, 0.5) is 5.82 Å². The van der Waals surface area contributed by atoms with Gasteiger partial charge in [0.05, 0.1) is 24.2 Å². The lowest BCUT2D eigenvalue weighted by Gasteiger charge is -2.22. The Balaban J connectivity index is 1.50. The minimum atomic E-state index is -1.28. The van der Waals surface area contributed by atoms with Crippen LogP contribution in [0.3, 0.4) is 0 Å². The van der Waals surface area contributed by atoms with Crippen molar-refractivity contribution in [2.24, 2.45) is 11.8 Å². The number of rotatable bonds is 8. The summed E-state index contributed by atoms with van der Waals surface area (Å²) in [7, 11) is 0. The third-order valence-corrected chi connectivity index (χ3v) is 6.35. The van der Waals surface area contributed by atoms with Crippen LogP contribution in [0.15, 0.2) is 12.7 Å². The topological polar surface area (TPSA) is 158 Å². The van der Waals surface area contributed by atoms with Crippen molar-refractivity contribution in [2.45, 2.75) is 83.6 Å². The predicted molar refractivity (Wildman–Crippen MR) is 123 cm³/mol. The highest BCUT2D eigenvalue weighted by molar-refractivity contribution is 5.83. The van der Waals surface area contributed by atoms with E-state index >= 15 is 0 Å². The number of ether oxygens (including phenoxy) is 3. The minimum absolute atomic E-state index is 0.115. The summed E-state index contributed by atoms with van der Waals surface area (Å²) in [6.07, 6.45) is 0.641. The lowest BCUT2D eigenvalue weighted by molar-refractivity contribution is -0.154. The second kappa shape index (κ2) is 10.4. The van der Waals surface area contributed by atoms with Crippen LogP contribution < -0.4 is 5.32 Å². The molecule has 12 heteroatoms. The van der Waals surface area contributed by atoms with Crippen molar-refractivity contribution in [1.82, 2.24) is 19.5 Å². The fraction of sp³-hybridized carbons (Fsp3) is 0.696. The number of hydrogen-bond acceptors (Lipinski definition) is 11. The van der Waals surface area contributed by atoms with Gasteiger partial charge in [-0.3, -0.25) is 14.2 Å². The van der Waals surface area contributed by atoms with Crippen molar-refractivity contribution in [2.75, 3.05) is 11.9 Å². The summed E-state index contributed by atoms with van der Waals surface area (Å²) in [6.45, 7) is 6.83. The molecule has 6 atom stereocenters. The summed E-state index contributed by atoms with van der Waals surface area (Å²) < 4.78 is 18.2. The van der Waals surface area contributed by atoms with Gasteiger partial charge in [0.2, 0.25) is 0 Å². The summed E-state index contributed by atoms with van der Waals surface area (Å²) in [5.74, 6) is -0.701. The van der Waals surface area contributed by atoms with Crippen molar-refractivity contribution in [1.29, 1.82) is 0 Å². The minimum Gasteiger partial charge on any atom is -0.463 e. The van der Waals surface area contributed by atoms with E-state index < -0.39 is 30.5 Å². The quantitative estimate of drug-likeness (QED) is 0.455. The number of nitrogens with one attached hydrogen (secondary N) is 1. The molecule has 4 rings (SSSR count). The van der Waals surface area contributed by atoms with E-state index in [-0.39, 0.29) is 36.6 Å². The number of aliphatic hydroxyl groups excluding tert-OH is 2. The van der Waals surface area contributed by atoms with Gasteiger partial charge in [-0.25, -0.2) is 15.0 Å². The number of hydrogen-bond donors (Lipinski definition) is 3. The third-order valence-electron chi connectivity index (χ3n) is 6.35. The monoisotopic (exact) mass is 491 g/mol. The summed E-state index contributed by atoms with van der Waals surface area (Å²) in [4.78, 5) is 36.9. The van der Waals surface area contributed by atoms with E-state index in [0.29, 0.717) is 17.0 Å². The van der Waals surface area contributed by atoms with E-state index in [4.69, 9.17) is 14.2 Å². The van der Waals surface area contributed by atoms with E-state index in [0.717, 1.165) is 19.3 Å². The first-order valence-corrected chi connectivity index (χ1v) is 12.0. The number of carbonyl (C=O) groups excluding carboxylic acids is 2. The smallest absolute Gasteiger partial charge is 0.308 e. The second-order valence-corrected chi connectivity index (χ2v) is 9.69. The van der Waals surface area contributed by atoms with E-state index in [1.54, 1.807) is 27.7 Å². The van der Waals surface area contributed by atoms with Gasteiger partial charge >= 0.3 is 11.9 Å². The zero-order chi connectivity index (χ0) is 25.3. The SMILES string of the molecule is CC(C)C(=O)OC[C@H]1O[C@@H](n2cnc3c(NC4CCC[C@@H]4OC(=O)C(C)C)ncnc32)[C@H](O)[C@@H]1O. The van der Waals surface area contributed by atoms with E-state index in [1.807, 2.05) is 0 Å². The van der Waals surface area contributed by atoms with Crippen LogP contribution in [-0.2, 0) is 23.8 Å². The summed E-state index contributed by atoms with van der Waals surface area (Å²) in [5, 5.41) is 24.4. The van der Waals surface area contributed by atoms with E-state index in [2.05, 4.69) is 20.3 Å². The molecule has 0 spiro atoms. The Kier molecular flexibility index (Phi) is 7.53. The Labute approximate surface area is 203 Å². The number of fused-ring (bicyclic) bond motifs is 1. The first kappa shape index (κ1) is 25.3. The summed E-state index contributed by atoms with van der Waals surface area (Å²) in [6, 6.07) is -0.115. The van der Waals surface area contributed by atoms with Crippen LogP contribution in [0, 0.1) is 11.8 Å². The van der Waals surface area contributed by atoms with Gasteiger partial charge in [-0.1, -0.05) is 27.7 Å². The molecule has 1 aliphatic heterocycles. The molecule has 192 valence electrons. The maximum atomic E-state index is 12.1. The Morgan fingerprint density at radius 3 is 2.57 bits per heavy atom. The molecule has 1 saturated carbocycles. The average molecular weight is 492 g/mol. The van der Waals surface area contributed by atoms with Crippen LogP contribution in [0.1, 0.15) is 53.2 Å². The van der Waals surface area contributed by atoms with Crippen LogP contribution >= 0.6 is 0 Å². The zero-order valence-electron chi connectivity index (χ0n) is 20.3. The molecule has 1 aliphatic carbocycles. The number of esters is 2. The number of imidazole rings is 1. The van der Waals surface area contributed by atoms with Gasteiger partial charge in [0, 0.05) is 0 Å². The molecule has 35 heavy (non-hydrogen) atoms. The number of nitrogens with zero attached hydrogens (tertiary/aromatic N) is 4. The van der Waals surface area contributed by atoms with Crippen LogP contribution in [0.2, 0.25) is 0 Å². The maximum Gasteiger partial charge on any atom is 0.308 e. The Morgan fingerprint density at radius 2 is 1.86 bits per heavy atom. The van der Waals surface area contributed by atoms with Crippen molar-refractivity contribution in [3.8, 4) is 0 Å². The normalized spacial score (nSPS) is 28.7. The van der Waals surface area contributed by atoms with Crippen LogP contribution in [-0.4, -0.2) is 78.7 Å². The highest BCUT2D eigenvalue weighted by atomic mass is 16.6. The molecule has 1 saturated heterocycles. The Morgan fingerprint density at radius 1 is 1.11 bits per heavy atom. The Bertz CT molecular complexity index is 1060. The molecule has 12 nitrogen and oxygen atoms in total. The van der Waals surface area contributed by atoms with Crippen molar-refractivity contribution in [3.63, 3.8) is 0 Å². The molecule has 0 radical (unpaired) electrons. The van der Waals surface area contributed by atoms with Crippen LogP contribution in [0.5, 0.6) is 0 Å². The van der Waals surface area contributed by atoms with Crippen molar-refractivity contribution >= 4 is 28.9 Å². The molecule has 3 N–H and O–H groups in total. The van der Waals surface area contributed by atoms with Gasteiger partial charge < -0.3 is 29.7 Å². The largest absolute Gasteiger partial charge is 0.463 e. The number of anilines is 1. The molecule has 2 aromatic heterocycles. The average Bonchev–Trinajstić information content (AvgIpc) is 3.51. The molecule has 2 aromatic rings. The van der Waals surface area contributed by atoms with E-state index in [9.17, 15) is 19.8 Å². The number of aliphatic hydroxyl groups is 2. The number of carbonyl (C=O) groups is 2. The second-order valence-electron chi connectivity index (χ2n) is 9.69. The first-order chi connectivity index (χ1) is 16.7. The molecular weight excluding hydrogens is 458 g/mol. The third kappa shape index (κ3) is 5.24. The van der Waals surface area contributed by atoms with Crippen molar-refractivity contribution < 1.29 is 34.0 Å². The lowest BCUT2D eigenvalue weighted by atomic mass is 10.1. The van der Waals surface area contributed by atoms with Crippen molar-refractivity contribution in [3.05, 3.63) is 12.7 Å². The maximum absolute atomic E-state index is 12.1. The van der Waals surface area contributed by atoms with Gasteiger partial charge in [-0.05, 0) is 19.3 Å². The standard InChI is InChI=1S/C23H33N5O7/c1-11(2)22(31)33-8-15-17(29)18(30)21(34-15)28-10-26-16-19(24-9-25-20(16)28)27-13-6-5-7-14(13)35-23(32)12(3)4/h9-15,17-18,21,29-30H,5-8H2,1-4H3,(H,24,25,27)/t13?,14-,15+,17+,18+,21+/m0/s1. The molecule has 2 fully saturated rings. The van der Waals surface area contributed by atoms with Gasteiger partial charge in [0.25, 0.3) is 0 Å². The molecule has 0 amide bonds. The summed E-state index contributed by atoms with van der Waals surface area (Å²) in [5.41, 5.74) is 0.848. The highest BCUT2D eigenvalue weighted by Gasteiger charge is 2.45. The van der Waals surface area contributed by atoms with Gasteiger partial charge in [0.15, 0.2) is 23.2 Å². The Hall–Kier alpha value is -2.83. The van der Waals surface area contributed by atoms with Gasteiger partial charge in [0.1, 0.15) is 37.4 Å². The highest BCUT2D eigenvalue weighted by Crippen LogP contribution is 2.33. The fourth-order valence-electron chi connectivity index (χ4n) is 4.26. The molecule has 0 aromatic carbocycles. The first-order valence-electron chi connectivity index (χ1n) is 12.0. The van der Waals surface area contributed by atoms with E-state index in [1.165, 1.54) is 17.2 Å². The molecule has 2 aliphatic rings. The lowest BCUT2D eigenvalue weighted by Crippen LogP contribution is -2.34. The fourth-order valence-corrected chi connectivity index (χ4v) is 4.26. The summed E-state index contributed by atoms with van der Waals surface area (Å²) >= 11 is 0. The van der Waals surface area contributed by atoms with Gasteiger partial charge in [-0.2, -0.15) is 0 Å². The molecule has 3 heterocycles. The predicted octanol–water partition coefficient (Wildman–Crippen LogP) is 1.18. The zero-order valence-corrected chi connectivity index (χ0v) is 20.3.